The third-order valence-corrected chi connectivity index (χ3v) is 7.95. The molecule has 38 heavy (non-hydrogen) atoms. The molecule has 2 aromatic rings. The number of halogens is 4. The Morgan fingerprint density at radius 2 is 1.84 bits per heavy atom. The first kappa shape index (κ1) is 26.8. The Morgan fingerprint density at radius 1 is 1.16 bits per heavy atom. The van der Waals surface area contributed by atoms with Crippen molar-refractivity contribution >= 4 is 40.8 Å². The van der Waals surface area contributed by atoms with Gasteiger partial charge in [-0.3, -0.25) is 9.59 Å². The van der Waals surface area contributed by atoms with Crippen molar-refractivity contribution in [2.45, 2.75) is 50.8 Å². The highest BCUT2D eigenvalue weighted by Gasteiger charge is 2.43. The maximum atomic E-state index is 14.4. The summed E-state index contributed by atoms with van der Waals surface area (Å²) in [5.74, 6) is -1.30. The van der Waals surface area contributed by atoms with Gasteiger partial charge < -0.3 is 25.2 Å². The summed E-state index contributed by atoms with van der Waals surface area (Å²) < 4.78 is 43.1. The van der Waals surface area contributed by atoms with E-state index in [1.54, 1.807) is 12.1 Å². The molecule has 5 rings (SSSR count). The van der Waals surface area contributed by atoms with Crippen LogP contribution in [0.3, 0.4) is 0 Å². The molecule has 4 heterocycles. The predicted molar refractivity (Wildman–Crippen MR) is 139 cm³/mol. The zero-order valence-corrected chi connectivity index (χ0v) is 21.8. The van der Waals surface area contributed by atoms with Crippen LogP contribution in [0.1, 0.15) is 65.0 Å². The summed E-state index contributed by atoms with van der Waals surface area (Å²) in [6.07, 6.45) is 0.234. The van der Waals surface area contributed by atoms with E-state index in [1.807, 2.05) is 0 Å². The van der Waals surface area contributed by atoms with Gasteiger partial charge in [0.1, 0.15) is 0 Å². The van der Waals surface area contributed by atoms with Gasteiger partial charge >= 0.3 is 6.18 Å². The number of rotatable bonds is 4. The predicted octanol–water partition coefficient (Wildman–Crippen LogP) is 4.94. The highest BCUT2D eigenvalue weighted by Crippen LogP contribution is 2.41. The first-order valence-corrected chi connectivity index (χ1v) is 13.2. The van der Waals surface area contributed by atoms with Crippen molar-refractivity contribution < 1.29 is 27.9 Å². The number of nitrogens with one attached hydrogen (secondary N) is 2. The van der Waals surface area contributed by atoms with Gasteiger partial charge in [0.05, 0.1) is 28.0 Å². The van der Waals surface area contributed by atoms with Crippen LogP contribution in [0.25, 0.3) is 11.6 Å². The summed E-state index contributed by atoms with van der Waals surface area (Å²) in [7, 11) is 0. The van der Waals surface area contributed by atoms with Crippen LogP contribution in [0.4, 0.5) is 18.9 Å². The van der Waals surface area contributed by atoms with Crippen LogP contribution in [0.2, 0.25) is 5.02 Å². The van der Waals surface area contributed by atoms with E-state index in [0.29, 0.717) is 35.7 Å². The van der Waals surface area contributed by atoms with Gasteiger partial charge in [0.15, 0.2) is 0 Å². The van der Waals surface area contributed by atoms with Crippen molar-refractivity contribution in [3.05, 3.63) is 51.3 Å². The molecular formula is C27H30ClF3N4O3. The molecule has 1 aromatic heterocycles. The second kappa shape index (κ2) is 10.1. The Hall–Kier alpha value is -2.82. The van der Waals surface area contributed by atoms with Gasteiger partial charge in [-0.25, -0.2) is 0 Å². The maximum absolute atomic E-state index is 14.4. The third-order valence-electron chi connectivity index (χ3n) is 7.72. The molecule has 2 saturated heterocycles. The molecule has 0 spiro atoms. The minimum atomic E-state index is -4.85. The number of hydrogen-bond acceptors (Lipinski definition) is 4. The van der Waals surface area contributed by atoms with Crippen molar-refractivity contribution in [2.24, 2.45) is 0 Å². The Balaban J connectivity index is 1.41. The van der Waals surface area contributed by atoms with Crippen LogP contribution >= 0.6 is 11.6 Å². The Kier molecular flexibility index (Phi) is 7.08. The van der Waals surface area contributed by atoms with E-state index in [9.17, 15) is 27.9 Å². The van der Waals surface area contributed by atoms with E-state index in [4.69, 9.17) is 11.6 Å². The number of anilines is 1. The number of aryl methyl sites for hydroxylation is 1. The number of alkyl halides is 3. The topological polar surface area (TPSA) is 88.7 Å². The molecule has 11 heteroatoms. The van der Waals surface area contributed by atoms with E-state index < -0.39 is 34.7 Å². The number of carbonyl (C=O) groups is 2. The van der Waals surface area contributed by atoms with Gasteiger partial charge in [0.25, 0.3) is 11.8 Å². The Labute approximate surface area is 223 Å². The largest absolute Gasteiger partial charge is 0.419 e. The van der Waals surface area contributed by atoms with E-state index in [0.717, 1.165) is 32.0 Å². The van der Waals surface area contributed by atoms with Crippen LogP contribution < -0.4 is 5.32 Å². The highest BCUT2D eigenvalue weighted by molar-refractivity contribution is 6.36. The van der Waals surface area contributed by atoms with Gasteiger partial charge in [-0.2, -0.15) is 13.2 Å². The zero-order valence-electron chi connectivity index (χ0n) is 21.1. The normalized spacial score (nSPS) is 21.1. The summed E-state index contributed by atoms with van der Waals surface area (Å²) in [5, 5.41) is 14.1. The number of likely N-dealkylation sites (tertiary alicyclic amines) is 2. The van der Waals surface area contributed by atoms with Crippen LogP contribution in [0.15, 0.2) is 18.2 Å². The third kappa shape index (κ3) is 5.21. The number of carbonyl (C=O) groups excluding carboxylic acids is 2. The number of piperidine rings is 2. The number of fused-ring (bicyclic) bond motifs is 1. The molecule has 0 bridgehead atoms. The monoisotopic (exact) mass is 550 g/mol. The highest BCUT2D eigenvalue weighted by atomic mass is 35.5. The lowest BCUT2D eigenvalue weighted by molar-refractivity contribution is -0.138. The second-order valence-corrected chi connectivity index (χ2v) is 10.9. The molecule has 2 amide bonds. The van der Waals surface area contributed by atoms with E-state index >= 15 is 0 Å². The maximum Gasteiger partial charge on any atom is 0.419 e. The summed E-state index contributed by atoms with van der Waals surface area (Å²) >= 11 is 6.05. The summed E-state index contributed by atoms with van der Waals surface area (Å²) in [4.78, 5) is 32.3. The lowest BCUT2D eigenvalue weighted by atomic mass is 9.89. The molecule has 7 nitrogen and oxygen atoms in total. The second-order valence-electron chi connectivity index (χ2n) is 10.5. The lowest BCUT2D eigenvalue weighted by Crippen LogP contribution is -2.53. The number of benzene rings is 1. The first-order valence-electron chi connectivity index (χ1n) is 12.8. The fourth-order valence-electron chi connectivity index (χ4n) is 5.74. The molecule has 0 radical (unpaired) electrons. The average Bonchev–Trinajstić information content (AvgIpc) is 3.35. The number of H-pyrrole nitrogens is 1. The summed E-state index contributed by atoms with van der Waals surface area (Å²) in [6, 6.07) is 4.67. The van der Waals surface area contributed by atoms with Crippen molar-refractivity contribution in [3.63, 3.8) is 0 Å². The van der Waals surface area contributed by atoms with Gasteiger partial charge in [-0.05, 0) is 70.0 Å². The first-order chi connectivity index (χ1) is 17.9. The molecule has 3 aliphatic rings. The standard InChI is InChI=1S/C27H30ClF3N4O3/c1-16-22(25(37)35-11-7-26(38,8-12-35)15-34-9-3-2-4-10-34)23(27(29,30)31)21(32-16)14-19-18-13-17(28)5-6-20(18)33-24(19)36/h5-6,13-14,32,38H,2-4,7-12,15H2,1H3,(H,33,36)/b19-14-. The Morgan fingerprint density at radius 3 is 2.50 bits per heavy atom. The average molecular weight is 551 g/mol. The molecule has 3 aliphatic heterocycles. The van der Waals surface area contributed by atoms with Crippen molar-refractivity contribution in [1.82, 2.24) is 14.8 Å². The smallest absolute Gasteiger partial charge is 0.388 e. The lowest BCUT2D eigenvalue weighted by Gasteiger charge is -2.42. The van der Waals surface area contributed by atoms with Crippen molar-refractivity contribution in [2.75, 3.05) is 38.0 Å². The quantitative estimate of drug-likeness (QED) is 0.471. The number of aliphatic hydroxyl groups is 1. The molecule has 3 N–H and O–H groups in total. The molecule has 2 fully saturated rings. The van der Waals surface area contributed by atoms with Gasteiger partial charge in [0, 0.05) is 41.6 Å². The number of β-amino-alcohol motifs (C(OH)–C–C–N with tert-alkyl or cyclic N) is 1. The minimum Gasteiger partial charge on any atom is -0.388 e. The van der Waals surface area contributed by atoms with Gasteiger partial charge in [0.2, 0.25) is 0 Å². The summed E-state index contributed by atoms with van der Waals surface area (Å²) in [6.45, 7) is 4.11. The van der Waals surface area contributed by atoms with Crippen LogP contribution in [-0.4, -0.2) is 70.0 Å². The number of aromatic amines is 1. The molecule has 0 aliphatic carbocycles. The zero-order chi connectivity index (χ0) is 27.2. The summed E-state index contributed by atoms with van der Waals surface area (Å²) in [5.41, 5.74) is -1.98. The van der Waals surface area contributed by atoms with Crippen LogP contribution in [0.5, 0.6) is 0 Å². The molecule has 204 valence electrons. The molecule has 0 saturated carbocycles. The van der Waals surface area contributed by atoms with Crippen molar-refractivity contribution in [3.8, 4) is 0 Å². The van der Waals surface area contributed by atoms with Crippen LogP contribution in [0, 0.1) is 6.92 Å². The molecular weight excluding hydrogens is 521 g/mol. The van der Waals surface area contributed by atoms with E-state index in [-0.39, 0.29) is 30.1 Å². The van der Waals surface area contributed by atoms with Gasteiger partial charge in [-0.15, -0.1) is 0 Å². The number of nitrogens with zero attached hydrogens (tertiary/aromatic N) is 2. The van der Waals surface area contributed by atoms with Crippen LogP contribution in [-0.2, 0) is 11.0 Å². The number of amides is 2. The fraction of sp³-hybridized carbons (Fsp3) is 0.481. The molecule has 0 unspecified atom stereocenters. The minimum absolute atomic E-state index is 0.0222. The van der Waals surface area contributed by atoms with Gasteiger partial charge in [-0.1, -0.05) is 18.0 Å². The fourth-order valence-corrected chi connectivity index (χ4v) is 5.92. The van der Waals surface area contributed by atoms with Crippen molar-refractivity contribution in [1.29, 1.82) is 0 Å². The number of hydrogen-bond donors (Lipinski definition) is 3. The SMILES string of the molecule is Cc1[nH]c(/C=C2\C(=O)Nc3ccc(Cl)cc32)c(C(F)(F)F)c1C(=O)N1CCC(O)(CN2CCCCC2)CC1. The Bertz CT molecular complexity index is 1290. The molecule has 1 aromatic carbocycles. The molecule has 0 atom stereocenters. The van der Waals surface area contributed by atoms with E-state index in [2.05, 4.69) is 15.2 Å². The van der Waals surface area contributed by atoms with E-state index in [1.165, 1.54) is 24.3 Å². The number of aromatic nitrogens is 1.